The fraction of sp³-hybridized carbons (Fsp3) is 0.524. The van der Waals surface area contributed by atoms with Gasteiger partial charge in [0.2, 0.25) is 5.91 Å². The van der Waals surface area contributed by atoms with Gasteiger partial charge < -0.3 is 15.4 Å². The summed E-state index contributed by atoms with van der Waals surface area (Å²) in [5, 5.41) is 5.63. The molecule has 0 bridgehead atoms. The second kappa shape index (κ2) is 10.6. The predicted octanol–water partition coefficient (Wildman–Crippen LogP) is 3.94. The first kappa shape index (κ1) is 20.0. The number of benzene rings is 1. The number of amides is 2. The Labute approximate surface area is 156 Å². The fourth-order valence-electron chi connectivity index (χ4n) is 3.01. The third-order valence-electron chi connectivity index (χ3n) is 4.57. The Bertz CT molecular complexity index is 611. The van der Waals surface area contributed by atoms with Crippen LogP contribution in [-0.2, 0) is 16.1 Å². The molecule has 2 amide bonds. The maximum Gasteiger partial charge on any atom is 0.408 e. The van der Waals surface area contributed by atoms with Crippen LogP contribution >= 0.6 is 0 Å². The molecular formula is C21H30N2O3. The number of hydrogen-bond acceptors (Lipinski definition) is 3. The van der Waals surface area contributed by atoms with E-state index < -0.39 is 12.1 Å². The molecule has 5 nitrogen and oxygen atoms in total. The highest BCUT2D eigenvalue weighted by molar-refractivity contribution is 5.85. The monoisotopic (exact) mass is 358 g/mol. The van der Waals surface area contributed by atoms with Crippen molar-refractivity contribution in [3.8, 4) is 0 Å². The molecule has 0 saturated heterocycles. The Morgan fingerprint density at radius 2 is 1.92 bits per heavy atom. The molecule has 142 valence electrons. The average molecular weight is 358 g/mol. The van der Waals surface area contributed by atoms with Crippen LogP contribution in [0.25, 0.3) is 0 Å². The van der Waals surface area contributed by atoms with Crippen LogP contribution in [0.3, 0.4) is 0 Å². The maximum absolute atomic E-state index is 12.4. The molecule has 1 aliphatic rings. The van der Waals surface area contributed by atoms with E-state index in [2.05, 4.69) is 16.7 Å². The van der Waals surface area contributed by atoms with Crippen molar-refractivity contribution in [1.82, 2.24) is 10.6 Å². The van der Waals surface area contributed by atoms with Gasteiger partial charge in [0.05, 0.1) is 0 Å². The summed E-state index contributed by atoms with van der Waals surface area (Å²) in [6, 6.07) is 8.87. The first-order chi connectivity index (χ1) is 12.6. The van der Waals surface area contributed by atoms with Gasteiger partial charge in [0.1, 0.15) is 12.6 Å². The van der Waals surface area contributed by atoms with Gasteiger partial charge in [-0.2, -0.15) is 0 Å². The van der Waals surface area contributed by atoms with Gasteiger partial charge in [-0.15, -0.1) is 0 Å². The van der Waals surface area contributed by atoms with Crippen molar-refractivity contribution in [3.05, 3.63) is 47.5 Å². The lowest BCUT2D eigenvalue weighted by Crippen LogP contribution is -2.50. The van der Waals surface area contributed by atoms with E-state index >= 15 is 0 Å². The van der Waals surface area contributed by atoms with E-state index in [1.807, 2.05) is 44.2 Å². The van der Waals surface area contributed by atoms with E-state index in [4.69, 9.17) is 4.74 Å². The van der Waals surface area contributed by atoms with Crippen molar-refractivity contribution < 1.29 is 14.3 Å². The van der Waals surface area contributed by atoms with Crippen molar-refractivity contribution >= 4 is 12.0 Å². The molecule has 0 saturated carbocycles. The van der Waals surface area contributed by atoms with Crippen LogP contribution in [0.2, 0.25) is 0 Å². The van der Waals surface area contributed by atoms with Gasteiger partial charge in [-0.1, -0.05) is 55.8 Å². The summed E-state index contributed by atoms with van der Waals surface area (Å²) in [6.45, 7) is 4.61. The zero-order valence-electron chi connectivity index (χ0n) is 15.8. The van der Waals surface area contributed by atoms with Crippen LogP contribution in [-0.4, -0.2) is 24.6 Å². The molecule has 1 aliphatic carbocycles. The summed E-state index contributed by atoms with van der Waals surface area (Å²) in [5.41, 5.74) is 2.34. The summed E-state index contributed by atoms with van der Waals surface area (Å²) >= 11 is 0. The third kappa shape index (κ3) is 6.90. The van der Waals surface area contributed by atoms with Crippen molar-refractivity contribution in [1.29, 1.82) is 0 Å². The standard InChI is InChI=1S/C21H30N2O3/c1-16(2)19(20(24)22-14-13-17-9-5-3-6-10-17)23-21(25)26-15-18-11-7-4-8-12-18/h4,7-9,11-12,16,19H,3,5-6,10,13-15H2,1-2H3,(H,22,24)(H,23,25)/t19-/m0/s1. The number of nitrogens with one attached hydrogen (secondary N) is 2. The van der Waals surface area contributed by atoms with Crippen LogP contribution in [0.1, 0.15) is 51.5 Å². The van der Waals surface area contributed by atoms with Crippen LogP contribution in [0.15, 0.2) is 42.0 Å². The van der Waals surface area contributed by atoms with E-state index in [-0.39, 0.29) is 18.4 Å². The van der Waals surface area contributed by atoms with Gasteiger partial charge in [-0.3, -0.25) is 4.79 Å². The Balaban J connectivity index is 1.76. The number of ether oxygens (including phenoxy) is 1. The molecule has 0 radical (unpaired) electrons. The lowest BCUT2D eigenvalue weighted by atomic mass is 9.97. The van der Waals surface area contributed by atoms with Gasteiger partial charge in [0, 0.05) is 6.54 Å². The van der Waals surface area contributed by atoms with Crippen molar-refractivity contribution in [3.63, 3.8) is 0 Å². The molecule has 5 heteroatoms. The number of carbonyl (C=O) groups is 2. The molecule has 1 aromatic carbocycles. The zero-order chi connectivity index (χ0) is 18.8. The molecule has 0 spiro atoms. The molecule has 0 heterocycles. The summed E-state index contributed by atoms with van der Waals surface area (Å²) in [5.74, 6) is -0.179. The van der Waals surface area contributed by atoms with Crippen LogP contribution in [0.5, 0.6) is 0 Å². The largest absolute Gasteiger partial charge is 0.445 e. The van der Waals surface area contributed by atoms with Gasteiger partial charge in [0.15, 0.2) is 0 Å². The van der Waals surface area contributed by atoms with E-state index in [9.17, 15) is 9.59 Å². The smallest absolute Gasteiger partial charge is 0.408 e. The first-order valence-electron chi connectivity index (χ1n) is 9.49. The highest BCUT2D eigenvalue weighted by Gasteiger charge is 2.24. The molecular weight excluding hydrogens is 328 g/mol. The Kier molecular flexibility index (Phi) is 8.19. The van der Waals surface area contributed by atoms with E-state index in [1.165, 1.54) is 18.4 Å². The average Bonchev–Trinajstić information content (AvgIpc) is 2.65. The number of carbonyl (C=O) groups excluding carboxylic acids is 2. The normalized spacial score (nSPS) is 15.1. The van der Waals surface area contributed by atoms with Gasteiger partial charge in [-0.25, -0.2) is 4.79 Å². The minimum Gasteiger partial charge on any atom is -0.445 e. The topological polar surface area (TPSA) is 67.4 Å². The number of alkyl carbamates (subject to hydrolysis) is 1. The van der Waals surface area contributed by atoms with E-state index in [1.54, 1.807) is 0 Å². The lowest BCUT2D eigenvalue weighted by Gasteiger charge is -2.22. The van der Waals surface area contributed by atoms with Crippen molar-refractivity contribution in [2.24, 2.45) is 5.92 Å². The quantitative estimate of drug-likeness (QED) is 0.692. The van der Waals surface area contributed by atoms with Gasteiger partial charge >= 0.3 is 6.09 Å². The number of allylic oxidation sites excluding steroid dienone is 1. The van der Waals surface area contributed by atoms with E-state index in [0.29, 0.717) is 6.54 Å². The second-order valence-electron chi connectivity index (χ2n) is 7.08. The Morgan fingerprint density at radius 3 is 2.58 bits per heavy atom. The lowest BCUT2D eigenvalue weighted by molar-refractivity contribution is -0.124. The Hall–Kier alpha value is -2.30. The molecule has 26 heavy (non-hydrogen) atoms. The van der Waals surface area contributed by atoms with Gasteiger partial charge in [-0.05, 0) is 43.6 Å². The van der Waals surface area contributed by atoms with Crippen molar-refractivity contribution in [2.45, 2.75) is 58.6 Å². The highest BCUT2D eigenvalue weighted by Crippen LogP contribution is 2.19. The third-order valence-corrected chi connectivity index (χ3v) is 4.57. The minimum absolute atomic E-state index is 0.0202. The zero-order valence-corrected chi connectivity index (χ0v) is 15.8. The summed E-state index contributed by atoms with van der Waals surface area (Å²) in [7, 11) is 0. The molecule has 0 unspecified atom stereocenters. The second-order valence-corrected chi connectivity index (χ2v) is 7.08. The minimum atomic E-state index is -0.599. The molecule has 0 aromatic heterocycles. The number of rotatable bonds is 8. The molecule has 1 atom stereocenters. The van der Waals surface area contributed by atoms with Crippen LogP contribution in [0.4, 0.5) is 4.79 Å². The fourth-order valence-corrected chi connectivity index (χ4v) is 3.01. The SMILES string of the molecule is CC(C)[C@H](NC(=O)OCc1ccccc1)C(=O)NCCC1=CCCCC1. The van der Waals surface area contributed by atoms with E-state index in [0.717, 1.165) is 24.8 Å². The Morgan fingerprint density at radius 1 is 1.15 bits per heavy atom. The predicted molar refractivity (Wildman–Crippen MR) is 103 cm³/mol. The van der Waals surface area contributed by atoms with Crippen LogP contribution < -0.4 is 10.6 Å². The summed E-state index contributed by atoms with van der Waals surface area (Å²) in [6.07, 6.45) is 7.38. The molecule has 2 rings (SSSR count). The number of hydrogen-bond donors (Lipinski definition) is 2. The van der Waals surface area contributed by atoms with Gasteiger partial charge in [0.25, 0.3) is 0 Å². The molecule has 0 fully saturated rings. The summed E-state index contributed by atoms with van der Waals surface area (Å²) < 4.78 is 5.22. The van der Waals surface area contributed by atoms with Crippen LogP contribution in [0, 0.1) is 5.92 Å². The molecule has 1 aromatic rings. The summed E-state index contributed by atoms with van der Waals surface area (Å²) in [4.78, 5) is 24.5. The first-order valence-corrected chi connectivity index (χ1v) is 9.49. The highest BCUT2D eigenvalue weighted by atomic mass is 16.5. The maximum atomic E-state index is 12.4. The van der Waals surface area contributed by atoms with Crippen molar-refractivity contribution in [2.75, 3.05) is 6.54 Å². The molecule has 2 N–H and O–H groups in total. The molecule has 0 aliphatic heterocycles.